The maximum atomic E-state index is 12.9. The second-order valence-corrected chi connectivity index (χ2v) is 6.90. The summed E-state index contributed by atoms with van der Waals surface area (Å²) in [4.78, 5) is 36.0. The largest absolute Gasteiger partial charge is 0.423 e. The molecular formula is C23H17ClFN3O4. The lowest BCUT2D eigenvalue weighted by atomic mass is 10.1. The maximum absolute atomic E-state index is 12.9. The van der Waals surface area contributed by atoms with Crippen LogP contribution in [0.2, 0.25) is 5.02 Å². The van der Waals surface area contributed by atoms with Gasteiger partial charge in [0.2, 0.25) is 0 Å². The number of anilines is 1. The minimum atomic E-state index is -0.987. The van der Waals surface area contributed by atoms with E-state index in [-0.39, 0.29) is 16.3 Å². The van der Waals surface area contributed by atoms with Crippen LogP contribution < -0.4 is 15.5 Å². The third-order valence-electron chi connectivity index (χ3n) is 4.21. The van der Waals surface area contributed by atoms with E-state index in [1.807, 2.05) is 0 Å². The average molecular weight is 454 g/mol. The molecule has 0 spiro atoms. The molecule has 2 amide bonds. The van der Waals surface area contributed by atoms with E-state index in [0.717, 1.165) is 12.1 Å². The normalized spacial score (nSPS) is 10.9. The molecule has 0 atom stereocenters. The Morgan fingerprint density at radius 1 is 0.906 bits per heavy atom. The van der Waals surface area contributed by atoms with E-state index in [1.54, 1.807) is 55.5 Å². The van der Waals surface area contributed by atoms with Crippen LogP contribution in [0.25, 0.3) is 0 Å². The summed E-state index contributed by atoms with van der Waals surface area (Å²) in [6.07, 6.45) is 0. The van der Waals surface area contributed by atoms with Gasteiger partial charge in [-0.25, -0.2) is 14.6 Å². The zero-order valence-electron chi connectivity index (χ0n) is 16.8. The molecule has 3 rings (SSSR count). The molecule has 32 heavy (non-hydrogen) atoms. The molecule has 162 valence electrons. The highest BCUT2D eigenvalue weighted by atomic mass is 35.5. The Kier molecular flexibility index (Phi) is 7.30. The van der Waals surface area contributed by atoms with Gasteiger partial charge in [-0.05, 0) is 73.2 Å². The molecule has 0 aliphatic heterocycles. The zero-order valence-corrected chi connectivity index (χ0v) is 17.5. The number of amides is 2. The van der Waals surface area contributed by atoms with Gasteiger partial charge in [-0.3, -0.25) is 9.59 Å². The standard InChI is InChI=1S/C23H17ClFN3O4/c1-14(27-28-22(30)21(29)26-17-10-8-16(25)9-11-17)15-6-12-18(13-7-15)32-23(31)19-4-2-3-5-20(19)24/h2-13H,1H3,(H,26,29)(H,28,30). The fourth-order valence-electron chi connectivity index (χ4n) is 2.52. The van der Waals surface area contributed by atoms with Crippen LogP contribution in [0.1, 0.15) is 22.8 Å². The zero-order chi connectivity index (χ0) is 23.1. The van der Waals surface area contributed by atoms with Gasteiger partial charge in [0.05, 0.1) is 16.3 Å². The number of halogens is 2. The Labute approximate surface area is 187 Å². The van der Waals surface area contributed by atoms with Crippen LogP contribution in [0.4, 0.5) is 10.1 Å². The van der Waals surface area contributed by atoms with Crippen molar-refractivity contribution in [3.63, 3.8) is 0 Å². The Balaban J connectivity index is 1.57. The smallest absolute Gasteiger partial charge is 0.345 e. The first-order valence-corrected chi connectivity index (χ1v) is 9.69. The average Bonchev–Trinajstić information content (AvgIpc) is 2.79. The third-order valence-corrected chi connectivity index (χ3v) is 4.54. The van der Waals surface area contributed by atoms with E-state index >= 15 is 0 Å². The number of ether oxygens (including phenoxy) is 1. The van der Waals surface area contributed by atoms with Crippen LogP contribution >= 0.6 is 11.6 Å². The summed E-state index contributed by atoms with van der Waals surface area (Å²) in [5.74, 6) is -2.69. The first-order valence-electron chi connectivity index (χ1n) is 9.32. The topological polar surface area (TPSA) is 96.9 Å². The highest BCUT2D eigenvalue weighted by molar-refractivity contribution is 6.39. The molecule has 7 nitrogen and oxygen atoms in total. The van der Waals surface area contributed by atoms with Crippen molar-refractivity contribution in [2.45, 2.75) is 6.92 Å². The number of benzene rings is 3. The fourth-order valence-corrected chi connectivity index (χ4v) is 2.74. The Morgan fingerprint density at radius 3 is 2.22 bits per heavy atom. The van der Waals surface area contributed by atoms with Crippen molar-refractivity contribution >= 4 is 40.8 Å². The number of nitrogens with zero attached hydrogens (tertiary/aromatic N) is 1. The van der Waals surface area contributed by atoms with Crippen LogP contribution in [0.5, 0.6) is 5.75 Å². The summed E-state index contributed by atoms with van der Waals surface area (Å²) in [6, 6.07) is 17.9. The second-order valence-electron chi connectivity index (χ2n) is 6.49. The molecule has 0 saturated carbocycles. The number of carbonyl (C=O) groups excluding carboxylic acids is 3. The summed E-state index contributed by atoms with van der Waals surface area (Å²) in [6.45, 7) is 1.63. The molecule has 0 aromatic heterocycles. The first kappa shape index (κ1) is 22.6. The number of nitrogens with one attached hydrogen (secondary N) is 2. The van der Waals surface area contributed by atoms with Gasteiger partial charge in [-0.15, -0.1) is 0 Å². The number of hydrogen-bond acceptors (Lipinski definition) is 5. The van der Waals surface area contributed by atoms with Gasteiger partial charge in [0.1, 0.15) is 11.6 Å². The lowest BCUT2D eigenvalue weighted by molar-refractivity contribution is -0.136. The highest BCUT2D eigenvalue weighted by Crippen LogP contribution is 2.19. The molecule has 3 aromatic carbocycles. The predicted molar refractivity (Wildman–Crippen MR) is 118 cm³/mol. The van der Waals surface area contributed by atoms with Crippen molar-refractivity contribution in [3.05, 3.63) is 94.8 Å². The number of hydrazone groups is 1. The molecule has 0 bridgehead atoms. The van der Waals surface area contributed by atoms with Crippen LogP contribution in [0, 0.1) is 5.82 Å². The Bertz CT molecular complexity index is 1180. The Hall–Kier alpha value is -4.04. The van der Waals surface area contributed by atoms with E-state index in [2.05, 4.69) is 15.8 Å². The molecule has 3 aromatic rings. The van der Waals surface area contributed by atoms with Gasteiger partial charge < -0.3 is 10.1 Å². The van der Waals surface area contributed by atoms with Crippen molar-refractivity contribution < 1.29 is 23.5 Å². The molecule has 0 fully saturated rings. The third kappa shape index (κ3) is 5.99. The molecule has 0 heterocycles. The van der Waals surface area contributed by atoms with Gasteiger partial charge in [0.15, 0.2) is 0 Å². The summed E-state index contributed by atoms with van der Waals surface area (Å²) in [7, 11) is 0. The minimum Gasteiger partial charge on any atom is -0.423 e. The minimum absolute atomic E-state index is 0.248. The van der Waals surface area contributed by atoms with E-state index in [9.17, 15) is 18.8 Å². The van der Waals surface area contributed by atoms with Crippen molar-refractivity contribution in [2.75, 3.05) is 5.32 Å². The summed E-state index contributed by atoms with van der Waals surface area (Å²) in [5, 5.41) is 6.51. The molecule has 0 aliphatic carbocycles. The summed E-state index contributed by atoms with van der Waals surface area (Å²) in [5.41, 5.74) is 3.71. The maximum Gasteiger partial charge on any atom is 0.345 e. The van der Waals surface area contributed by atoms with Crippen LogP contribution in [-0.2, 0) is 9.59 Å². The lowest BCUT2D eigenvalue weighted by Gasteiger charge is -2.07. The number of rotatable bonds is 5. The quantitative estimate of drug-likeness (QED) is 0.199. The predicted octanol–water partition coefficient (Wildman–Crippen LogP) is 4.18. The van der Waals surface area contributed by atoms with Crippen LogP contribution in [0.15, 0.2) is 77.9 Å². The molecular weight excluding hydrogens is 437 g/mol. The molecule has 9 heteroatoms. The number of esters is 1. The fraction of sp³-hybridized carbons (Fsp3) is 0.0435. The van der Waals surface area contributed by atoms with Crippen LogP contribution in [-0.4, -0.2) is 23.5 Å². The number of hydrogen-bond donors (Lipinski definition) is 2. The van der Waals surface area contributed by atoms with Crippen molar-refractivity contribution in [3.8, 4) is 5.75 Å². The molecule has 0 aliphatic rings. The van der Waals surface area contributed by atoms with Gasteiger partial charge in [-0.2, -0.15) is 5.10 Å². The lowest BCUT2D eigenvalue weighted by Crippen LogP contribution is -2.32. The van der Waals surface area contributed by atoms with E-state index in [4.69, 9.17) is 16.3 Å². The van der Waals surface area contributed by atoms with Crippen molar-refractivity contribution in [1.29, 1.82) is 0 Å². The molecule has 0 radical (unpaired) electrons. The van der Waals surface area contributed by atoms with Gasteiger partial charge in [-0.1, -0.05) is 23.7 Å². The monoisotopic (exact) mass is 453 g/mol. The summed E-state index contributed by atoms with van der Waals surface area (Å²) < 4.78 is 18.2. The van der Waals surface area contributed by atoms with Crippen molar-refractivity contribution in [1.82, 2.24) is 5.43 Å². The number of carbonyl (C=O) groups is 3. The molecule has 2 N–H and O–H groups in total. The van der Waals surface area contributed by atoms with Gasteiger partial charge in [0, 0.05) is 5.69 Å². The first-order chi connectivity index (χ1) is 15.3. The van der Waals surface area contributed by atoms with Crippen molar-refractivity contribution in [2.24, 2.45) is 5.10 Å². The molecule has 0 unspecified atom stereocenters. The summed E-state index contributed by atoms with van der Waals surface area (Å²) >= 11 is 5.99. The van der Waals surface area contributed by atoms with E-state index < -0.39 is 23.6 Å². The molecule has 0 saturated heterocycles. The highest BCUT2D eigenvalue weighted by Gasteiger charge is 2.14. The van der Waals surface area contributed by atoms with E-state index in [0.29, 0.717) is 17.0 Å². The SMILES string of the molecule is CC(=NNC(=O)C(=O)Nc1ccc(F)cc1)c1ccc(OC(=O)c2ccccc2Cl)cc1. The van der Waals surface area contributed by atoms with Gasteiger partial charge >= 0.3 is 17.8 Å². The second kappa shape index (κ2) is 10.3. The van der Waals surface area contributed by atoms with E-state index in [1.165, 1.54) is 12.1 Å². The van der Waals surface area contributed by atoms with Crippen LogP contribution in [0.3, 0.4) is 0 Å². The Morgan fingerprint density at radius 2 is 1.56 bits per heavy atom. The van der Waals surface area contributed by atoms with Gasteiger partial charge in [0.25, 0.3) is 0 Å².